The van der Waals surface area contributed by atoms with Gasteiger partial charge < -0.3 is 5.11 Å². The summed E-state index contributed by atoms with van der Waals surface area (Å²) in [5.74, 6) is -0.0893. The average molecular weight is 266 g/mol. The predicted octanol–water partition coefficient (Wildman–Crippen LogP) is 4.69. The molecule has 0 spiro atoms. The maximum Gasteiger partial charge on any atom is 0.335 e. The van der Waals surface area contributed by atoms with Gasteiger partial charge in [-0.25, -0.2) is 4.79 Å². The van der Waals surface area contributed by atoms with Crippen LogP contribution >= 0.6 is 11.8 Å². The number of hydrogen-bond acceptors (Lipinski definition) is 2. The normalized spacial score (nSPS) is 12.7. The van der Waals surface area contributed by atoms with Crippen LogP contribution in [0.3, 0.4) is 0 Å². The molecular weight excluding hydrogens is 244 g/mol. The van der Waals surface area contributed by atoms with Crippen molar-refractivity contribution in [2.75, 3.05) is 0 Å². The third-order valence-corrected chi connectivity index (χ3v) is 4.01. The van der Waals surface area contributed by atoms with Gasteiger partial charge in [0.2, 0.25) is 0 Å². The average Bonchev–Trinajstić information content (AvgIpc) is 2.29. The van der Waals surface area contributed by atoms with E-state index in [1.165, 1.54) is 19.3 Å². The third kappa shape index (κ3) is 5.58. The van der Waals surface area contributed by atoms with E-state index in [-0.39, 0.29) is 0 Å². The number of thioether (sulfide) groups is 1. The molecule has 1 unspecified atom stereocenters. The Balaban J connectivity index is 2.39. The summed E-state index contributed by atoms with van der Waals surface area (Å²) in [7, 11) is 0. The lowest BCUT2D eigenvalue weighted by Crippen LogP contribution is -1.98. The molecule has 0 aliphatic heterocycles. The Morgan fingerprint density at radius 3 is 2.28 bits per heavy atom. The van der Waals surface area contributed by atoms with E-state index in [9.17, 15) is 4.79 Å². The molecule has 1 rings (SSSR count). The summed E-state index contributed by atoms with van der Waals surface area (Å²) in [6.07, 6.45) is 3.76. The second-order valence-electron chi connectivity index (χ2n) is 5.08. The van der Waals surface area contributed by atoms with Crippen molar-refractivity contribution in [3.05, 3.63) is 29.8 Å². The number of benzene rings is 1. The molecule has 0 amide bonds. The maximum atomic E-state index is 10.7. The van der Waals surface area contributed by atoms with Gasteiger partial charge in [0.05, 0.1) is 5.56 Å². The zero-order chi connectivity index (χ0) is 13.5. The molecular formula is C15H22O2S. The topological polar surface area (TPSA) is 37.3 Å². The second kappa shape index (κ2) is 7.47. The van der Waals surface area contributed by atoms with Crippen molar-refractivity contribution in [3.63, 3.8) is 0 Å². The number of aromatic carboxylic acids is 1. The van der Waals surface area contributed by atoms with Crippen LogP contribution in [-0.4, -0.2) is 16.3 Å². The van der Waals surface area contributed by atoms with Gasteiger partial charge in [-0.05, 0) is 36.6 Å². The van der Waals surface area contributed by atoms with Crippen molar-refractivity contribution < 1.29 is 9.90 Å². The SMILES string of the molecule is CC(C)CCCC(C)Sc1ccc(C(=O)O)cc1. The van der Waals surface area contributed by atoms with E-state index in [0.717, 1.165) is 10.8 Å². The first-order valence-corrected chi connectivity index (χ1v) is 7.37. The van der Waals surface area contributed by atoms with Crippen LogP contribution in [0.5, 0.6) is 0 Å². The molecule has 1 N–H and O–H groups in total. The molecule has 0 aliphatic rings. The van der Waals surface area contributed by atoms with Gasteiger partial charge >= 0.3 is 5.97 Å². The zero-order valence-corrected chi connectivity index (χ0v) is 12.2. The standard InChI is InChI=1S/C15H22O2S/c1-11(2)5-4-6-12(3)18-14-9-7-13(8-10-14)15(16)17/h7-12H,4-6H2,1-3H3,(H,16,17). The molecule has 0 heterocycles. The number of rotatable bonds is 7. The van der Waals surface area contributed by atoms with Crippen LogP contribution in [0.4, 0.5) is 0 Å². The highest BCUT2D eigenvalue weighted by Crippen LogP contribution is 2.27. The van der Waals surface area contributed by atoms with E-state index in [2.05, 4.69) is 20.8 Å². The van der Waals surface area contributed by atoms with Crippen molar-refractivity contribution in [3.8, 4) is 0 Å². The van der Waals surface area contributed by atoms with E-state index < -0.39 is 5.97 Å². The van der Waals surface area contributed by atoms with E-state index in [1.54, 1.807) is 12.1 Å². The molecule has 1 aromatic rings. The van der Waals surface area contributed by atoms with Crippen molar-refractivity contribution in [1.82, 2.24) is 0 Å². The van der Waals surface area contributed by atoms with Crippen LogP contribution in [0.1, 0.15) is 50.4 Å². The Labute approximate surface area is 114 Å². The summed E-state index contributed by atoms with van der Waals surface area (Å²) >= 11 is 1.82. The summed E-state index contributed by atoms with van der Waals surface area (Å²) in [6, 6.07) is 7.14. The molecule has 0 aromatic heterocycles. The first kappa shape index (κ1) is 15.1. The molecule has 100 valence electrons. The predicted molar refractivity (Wildman–Crippen MR) is 77.4 cm³/mol. The van der Waals surface area contributed by atoms with Crippen LogP contribution in [0, 0.1) is 5.92 Å². The molecule has 1 aromatic carbocycles. The molecule has 0 bridgehead atoms. The molecule has 2 nitrogen and oxygen atoms in total. The van der Waals surface area contributed by atoms with Crippen molar-refractivity contribution >= 4 is 17.7 Å². The second-order valence-corrected chi connectivity index (χ2v) is 6.59. The highest BCUT2D eigenvalue weighted by atomic mass is 32.2. The van der Waals surface area contributed by atoms with E-state index in [1.807, 2.05) is 23.9 Å². The molecule has 0 saturated heterocycles. The van der Waals surface area contributed by atoms with Gasteiger partial charge in [0.25, 0.3) is 0 Å². The number of carbonyl (C=O) groups is 1. The molecule has 1 atom stereocenters. The van der Waals surface area contributed by atoms with Gasteiger partial charge in [0.1, 0.15) is 0 Å². The van der Waals surface area contributed by atoms with Crippen molar-refractivity contribution in [1.29, 1.82) is 0 Å². The summed E-state index contributed by atoms with van der Waals surface area (Å²) in [6.45, 7) is 6.74. The minimum Gasteiger partial charge on any atom is -0.478 e. The Morgan fingerprint density at radius 2 is 1.78 bits per heavy atom. The number of hydrogen-bond donors (Lipinski definition) is 1. The monoisotopic (exact) mass is 266 g/mol. The maximum absolute atomic E-state index is 10.7. The first-order chi connectivity index (χ1) is 8.49. The Bertz CT molecular complexity index is 371. The van der Waals surface area contributed by atoms with Crippen LogP contribution in [0.25, 0.3) is 0 Å². The minimum atomic E-state index is -0.864. The van der Waals surface area contributed by atoms with Gasteiger partial charge in [-0.1, -0.05) is 33.6 Å². The van der Waals surface area contributed by atoms with E-state index >= 15 is 0 Å². The largest absolute Gasteiger partial charge is 0.478 e. The first-order valence-electron chi connectivity index (χ1n) is 6.49. The van der Waals surface area contributed by atoms with Crippen LogP contribution in [0.2, 0.25) is 0 Å². The van der Waals surface area contributed by atoms with Crippen LogP contribution in [0.15, 0.2) is 29.2 Å². The number of carboxylic acids is 1. The third-order valence-electron chi connectivity index (χ3n) is 2.83. The lowest BCUT2D eigenvalue weighted by molar-refractivity contribution is 0.0697. The Kier molecular flexibility index (Phi) is 6.27. The van der Waals surface area contributed by atoms with Gasteiger partial charge in [0.15, 0.2) is 0 Å². The van der Waals surface area contributed by atoms with Gasteiger partial charge in [-0.3, -0.25) is 0 Å². The van der Waals surface area contributed by atoms with Crippen LogP contribution < -0.4 is 0 Å². The Morgan fingerprint density at radius 1 is 1.17 bits per heavy atom. The Hall–Kier alpha value is -0.960. The molecule has 0 aliphatic carbocycles. The summed E-state index contributed by atoms with van der Waals surface area (Å²) in [4.78, 5) is 11.9. The fourth-order valence-corrected chi connectivity index (χ4v) is 2.82. The lowest BCUT2D eigenvalue weighted by Gasteiger charge is -2.12. The fraction of sp³-hybridized carbons (Fsp3) is 0.533. The highest BCUT2D eigenvalue weighted by molar-refractivity contribution is 7.99. The summed E-state index contributed by atoms with van der Waals surface area (Å²) in [5.41, 5.74) is 0.354. The smallest absolute Gasteiger partial charge is 0.335 e. The zero-order valence-electron chi connectivity index (χ0n) is 11.3. The molecule has 0 radical (unpaired) electrons. The highest BCUT2D eigenvalue weighted by Gasteiger charge is 2.07. The molecule has 0 fully saturated rings. The minimum absolute atomic E-state index is 0.354. The van der Waals surface area contributed by atoms with Crippen LogP contribution in [-0.2, 0) is 0 Å². The fourth-order valence-electron chi connectivity index (χ4n) is 1.78. The summed E-state index contributed by atoms with van der Waals surface area (Å²) in [5, 5.41) is 9.40. The van der Waals surface area contributed by atoms with Crippen molar-refractivity contribution in [2.45, 2.75) is 50.2 Å². The molecule has 0 saturated carbocycles. The van der Waals surface area contributed by atoms with Gasteiger partial charge in [-0.2, -0.15) is 0 Å². The van der Waals surface area contributed by atoms with E-state index in [4.69, 9.17) is 5.11 Å². The quantitative estimate of drug-likeness (QED) is 0.727. The lowest BCUT2D eigenvalue weighted by atomic mass is 10.1. The molecule has 3 heteroatoms. The van der Waals surface area contributed by atoms with Gasteiger partial charge in [0, 0.05) is 10.1 Å². The number of carboxylic acid groups (broad SMARTS) is 1. The summed E-state index contributed by atoms with van der Waals surface area (Å²) < 4.78 is 0. The van der Waals surface area contributed by atoms with Crippen molar-refractivity contribution in [2.24, 2.45) is 5.92 Å². The van der Waals surface area contributed by atoms with E-state index in [0.29, 0.717) is 10.8 Å². The molecule has 18 heavy (non-hydrogen) atoms. The van der Waals surface area contributed by atoms with Gasteiger partial charge in [-0.15, -0.1) is 11.8 Å².